The van der Waals surface area contributed by atoms with Crippen LogP contribution in [0.1, 0.15) is 17.9 Å². The molecule has 0 aliphatic heterocycles. The van der Waals surface area contributed by atoms with E-state index in [2.05, 4.69) is 11.0 Å². The summed E-state index contributed by atoms with van der Waals surface area (Å²) in [7, 11) is 5.58. The van der Waals surface area contributed by atoms with Crippen molar-refractivity contribution in [1.82, 2.24) is 4.90 Å². The van der Waals surface area contributed by atoms with Gasteiger partial charge in [-0.2, -0.15) is 5.26 Å². The highest BCUT2D eigenvalue weighted by atomic mass is 35.5. The molecule has 1 rings (SSSR count). The first-order valence-corrected chi connectivity index (χ1v) is 5.84. The van der Waals surface area contributed by atoms with Crippen LogP contribution in [0.2, 0.25) is 5.02 Å². The molecule has 0 N–H and O–H groups in total. The van der Waals surface area contributed by atoms with Crippen molar-refractivity contribution < 1.29 is 4.74 Å². The van der Waals surface area contributed by atoms with Gasteiger partial charge in [0.05, 0.1) is 19.1 Å². The first kappa shape index (κ1) is 13.8. The van der Waals surface area contributed by atoms with Crippen LogP contribution in [0.5, 0.6) is 5.75 Å². The fourth-order valence-electron chi connectivity index (χ4n) is 1.65. The minimum absolute atomic E-state index is 0.189. The molecule has 0 saturated heterocycles. The van der Waals surface area contributed by atoms with E-state index in [4.69, 9.17) is 16.3 Å². The van der Waals surface area contributed by atoms with Crippen molar-refractivity contribution >= 4 is 11.6 Å². The van der Waals surface area contributed by atoms with E-state index in [0.29, 0.717) is 5.02 Å². The first-order valence-electron chi connectivity index (χ1n) is 5.46. The van der Waals surface area contributed by atoms with Gasteiger partial charge in [-0.1, -0.05) is 11.6 Å². The van der Waals surface area contributed by atoms with Gasteiger partial charge >= 0.3 is 0 Å². The Hall–Kier alpha value is -1.24. The quantitative estimate of drug-likeness (QED) is 0.809. The third kappa shape index (κ3) is 3.92. The standard InChI is InChI=1S/C13H17ClN2O/c1-16(2)7-6-10(9-15)12-8-11(14)4-5-13(12)17-3/h4-5,8,10H,6-7H2,1-3H3. The molecule has 4 heteroatoms. The van der Waals surface area contributed by atoms with Gasteiger partial charge in [-0.15, -0.1) is 0 Å². The largest absolute Gasteiger partial charge is 0.496 e. The lowest BCUT2D eigenvalue weighted by Crippen LogP contribution is -2.15. The number of nitrogens with zero attached hydrogens (tertiary/aromatic N) is 2. The third-order valence-electron chi connectivity index (χ3n) is 2.59. The molecule has 0 heterocycles. The zero-order valence-electron chi connectivity index (χ0n) is 10.4. The molecular weight excluding hydrogens is 236 g/mol. The van der Waals surface area contributed by atoms with E-state index in [1.165, 1.54) is 0 Å². The van der Waals surface area contributed by atoms with Gasteiger partial charge in [-0.3, -0.25) is 0 Å². The van der Waals surface area contributed by atoms with Gasteiger partial charge < -0.3 is 9.64 Å². The Morgan fingerprint density at radius 1 is 1.47 bits per heavy atom. The summed E-state index contributed by atoms with van der Waals surface area (Å²) < 4.78 is 5.27. The molecule has 0 spiro atoms. The summed E-state index contributed by atoms with van der Waals surface area (Å²) in [6.07, 6.45) is 0.764. The lowest BCUT2D eigenvalue weighted by atomic mass is 9.96. The number of rotatable bonds is 5. The van der Waals surface area contributed by atoms with Crippen LogP contribution < -0.4 is 4.74 Å². The number of hydrogen-bond acceptors (Lipinski definition) is 3. The van der Waals surface area contributed by atoms with Crippen LogP contribution in [-0.2, 0) is 0 Å². The topological polar surface area (TPSA) is 36.3 Å². The average Bonchev–Trinajstić information content (AvgIpc) is 2.30. The fraction of sp³-hybridized carbons (Fsp3) is 0.462. The lowest BCUT2D eigenvalue weighted by Gasteiger charge is -2.16. The maximum Gasteiger partial charge on any atom is 0.123 e. The molecule has 3 nitrogen and oxygen atoms in total. The number of halogens is 1. The smallest absolute Gasteiger partial charge is 0.123 e. The molecule has 0 bridgehead atoms. The van der Waals surface area contributed by atoms with Gasteiger partial charge in [-0.25, -0.2) is 0 Å². The van der Waals surface area contributed by atoms with Crippen molar-refractivity contribution in [2.24, 2.45) is 0 Å². The molecule has 1 aromatic rings. The summed E-state index contributed by atoms with van der Waals surface area (Å²) in [5.41, 5.74) is 0.865. The molecule has 0 saturated carbocycles. The zero-order valence-corrected chi connectivity index (χ0v) is 11.2. The highest BCUT2D eigenvalue weighted by molar-refractivity contribution is 6.30. The monoisotopic (exact) mass is 252 g/mol. The molecule has 0 aliphatic rings. The Kier molecular flexibility index (Phi) is 5.27. The van der Waals surface area contributed by atoms with E-state index in [0.717, 1.165) is 24.3 Å². The van der Waals surface area contributed by atoms with E-state index in [9.17, 15) is 5.26 Å². The van der Waals surface area contributed by atoms with E-state index >= 15 is 0 Å². The Morgan fingerprint density at radius 3 is 2.71 bits per heavy atom. The molecule has 0 fully saturated rings. The Balaban J connectivity index is 2.94. The van der Waals surface area contributed by atoms with Crippen LogP contribution in [-0.4, -0.2) is 32.6 Å². The molecule has 92 valence electrons. The normalized spacial score (nSPS) is 12.2. The Labute approximate surface area is 108 Å². The predicted octanol–water partition coefficient (Wildman–Crippen LogP) is 2.91. The molecule has 1 atom stereocenters. The highest BCUT2D eigenvalue weighted by Crippen LogP contribution is 2.31. The van der Waals surface area contributed by atoms with Gasteiger partial charge in [0.2, 0.25) is 0 Å². The summed E-state index contributed by atoms with van der Waals surface area (Å²) in [6.45, 7) is 0.855. The maximum atomic E-state index is 9.24. The van der Waals surface area contributed by atoms with Crippen molar-refractivity contribution in [1.29, 1.82) is 5.26 Å². The molecular formula is C13H17ClN2O. The summed E-state index contributed by atoms with van der Waals surface area (Å²) in [5, 5.41) is 9.87. The minimum Gasteiger partial charge on any atom is -0.496 e. The van der Waals surface area contributed by atoms with Crippen molar-refractivity contribution in [3.63, 3.8) is 0 Å². The molecule has 1 aromatic carbocycles. The second-order valence-corrected chi connectivity index (χ2v) is 4.60. The average molecular weight is 253 g/mol. The summed E-state index contributed by atoms with van der Waals surface area (Å²) in [6, 6.07) is 7.69. The first-order chi connectivity index (χ1) is 8.08. The van der Waals surface area contributed by atoms with Gasteiger partial charge in [0.1, 0.15) is 5.75 Å². The number of hydrogen-bond donors (Lipinski definition) is 0. The summed E-state index contributed by atoms with van der Waals surface area (Å²) in [4.78, 5) is 2.06. The van der Waals surface area contributed by atoms with Gasteiger partial charge in [0.25, 0.3) is 0 Å². The number of ether oxygens (including phenoxy) is 1. The van der Waals surface area contributed by atoms with E-state index in [1.54, 1.807) is 19.2 Å². The van der Waals surface area contributed by atoms with Crippen LogP contribution in [0.3, 0.4) is 0 Å². The minimum atomic E-state index is -0.189. The highest BCUT2D eigenvalue weighted by Gasteiger charge is 2.16. The number of methoxy groups -OCH3 is 1. The van der Waals surface area contributed by atoms with Gasteiger partial charge in [0, 0.05) is 10.6 Å². The van der Waals surface area contributed by atoms with Crippen molar-refractivity contribution in [3.05, 3.63) is 28.8 Å². The molecule has 0 radical (unpaired) electrons. The molecule has 0 aromatic heterocycles. The Morgan fingerprint density at radius 2 is 2.18 bits per heavy atom. The van der Waals surface area contributed by atoms with Crippen molar-refractivity contribution in [2.75, 3.05) is 27.7 Å². The lowest BCUT2D eigenvalue weighted by molar-refractivity contribution is 0.383. The SMILES string of the molecule is COc1ccc(Cl)cc1C(C#N)CCN(C)C. The van der Waals surface area contributed by atoms with Crippen LogP contribution >= 0.6 is 11.6 Å². The summed E-state index contributed by atoms with van der Waals surface area (Å²) >= 11 is 5.96. The summed E-state index contributed by atoms with van der Waals surface area (Å²) in [5.74, 6) is 0.533. The zero-order chi connectivity index (χ0) is 12.8. The van der Waals surface area contributed by atoms with E-state index < -0.39 is 0 Å². The third-order valence-corrected chi connectivity index (χ3v) is 2.82. The van der Waals surface area contributed by atoms with Crippen LogP contribution in [0.4, 0.5) is 0 Å². The number of nitriles is 1. The van der Waals surface area contributed by atoms with Crippen molar-refractivity contribution in [2.45, 2.75) is 12.3 Å². The van der Waals surface area contributed by atoms with E-state index in [1.807, 2.05) is 20.2 Å². The maximum absolute atomic E-state index is 9.24. The van der Waals surface area contributed by atoms with Gasteiger partial charge in [-0.05, 0) is 45.3 Å². The van der Waals surface area contributed by atoms with Crippen molar-refractivity contribution in [3.8, 4) is 11.8 Å². The predicted molar refractivity (Wildman–Crippen MR) is 69.5 cm³/mol. The second kappa shape index (κ2) is 6.48. The number of benzene rings is 1. The van der Waals surface area contributed by atoms with Crippen LogP contribution in [0.15, 0.2) is 18.2 Å². The molecule has 17 heavy (non-hydrogen) atoms. The van der Waals surface area contributed by atoms with E-state index in [-0.39, 0.29) is 5.92 Å². The molecule has 0 aliphatic carbocycles. The van der Waals surface area contributed by atoms with Crippen LogP contribution in [0, 0.1) is 11.3 Å². The van der Waals surface area contributed by atoms with Gasteiger partial charge in [0.15, 0.2) is 0 Å². The molecule has 0 amide bonds. The molecule has 1 unspecified atom stereocenters. The Bertz CT molecular complexity index is 412. The van der Waals surface area contributed by atoms with Crippen LogP contribution in [0.25, 0.3) is 0 Å². The fourth-order valence-corrected chi connectivity index (χ4v) is 1.83. The second-order valence-electron chi connectivity index (χ2n) is 4.16.